The van der Waals surface area contributed by atoms with Crippen LogP contribution in [0.2, 0.25) is 0 Å². The molecule has 5 heterocycles. The zero-order valence-electron chi connectivity index (χ0n) is 14.1. The SMILES string of the molecule is C/C=C1/CN2C3CC45C(=O)C3C1CC2C4N(C)c1c(O)cccc15. The van der Waals surface area contributed by atoms with E-state index in [1.54, 1.807) is 6.07 Å². The first-order valence-corrected chi connectivity index (χ1v) is 9.10. The van der Waals surface area contributed by atoms with Crippen LogP contribution in [0.4, 0.5) is 5.69 Å². The molecule has 7 rings (SSSR count). The number of piperidine rings is 4. The van der Waals surface area contributed by atoms with E-state index in [1.165, 1.54) is 5.57 Å². The summed E-state index contributed by atoms with van der Waals surface area (Å²) in [6.45, 7) is 3.15. The van der Waals surface area contributed by atoms with Gasteiger partial charge in [-0.2, -0.15) is 0 Å². The number of Topliss-reactive ketones (excluding diaryl/α,β-unsaturated/α-hetero) is 1. The van der Waals surface area contributed by atoms with Gasteiger partial charge in [0.25, 0.3) is 0 Å². The molecule has 4 nitrogen and oxygen atoms in total. The molecule has 1 aliphatic carbocycles. The van der Waals surface area contributed by atoms with Crippen LogP contribution in [0.25, 0.3) is 0 Å². The number of likely N-dealkylation sites (N-methyl/N-ethyl adjacent to an activating group) is 1. The number of rotatable bonds is 0. The lowest BCUT2D eigenvalue weighted by molar-refractivity contribution is -0.126. The van der Waals surface area contributed by atoms with E-state index in [2.05, 4.69) is 35.9 Å². The number of carbonyl (C=O) groups excluding carboxylic acids is 1. The van der Waals surface area contributed by atoms with Crippen LogP contribution in [0.1, 0.15) is 25.3 Å². The smallest absolute Gasteiger partial charge is 0.150 e. The van der Waals surface area contributed by atoms with Crippen LogP contribution >= 0.6 is 0 Å². The maximum atomic E-state index is 13.8. The fourth-order valence-corrected chi connectivity index (χ4v) is 7.14. The summed E-state index contributed by atoms with van der Waals surface area (Å²) in [5.74, 6) is 1.37. The summed E-state index contributed by atoms with van der Waals surface area (Å²) in [6.07, 6.45) is 4.27. The molecule has 0 radical (unpaired) electrons. The molecule has 1 spiro atoms. The molecule has 5 fully saturated rings. The van der Waals surface area contributed by atoms with Gasteiger partial charge in [0.2, 0.25) is 0 Å². The first-order chi connectivity index (χ1) is 11.6. The molecule has 1 aromatic carbocycles. The summed E-state index contributed by atoms with van der Waals surface area (Å²) < 4.78 is 0. The highest BCUT2D eigenvalue weighted by atomic mass is 16.3. The van der Waals surface area contributed by atoms with E-state index in [0.29, 0.717) is 29.5 Å². The average Bonchev–Trinajstić information content (AvgIpc) is 2.98. The molecule has 5 aliphatic heterocycles. The Morgan fingerprint density at radius 2 is 2.17 bits per heavy atom. The molecule has 0 aromatic heterocycles. The van der Waals surface area contributed by atoms with Crippen LogP contribution in [-0.4, -0.2) is 47.5 Å². The Bertz CT molecular complexity index is 831. The lowest BCUT2D eigenvalue weighted by Gasteiger charge is -2.58. The van der Waals surface area contributed by atoms with Crippen molar-refractivity contribution in [2.24, 2.45) is 11.8 Å². The van der Waals surface area contributed by atoms with Crippen molar-refractivity contribution in [1.29, 1.82) is 0 Å². The van der Waals surface area contributed by atoms with Crippen LogP contribution < -0.4 is 4.90 Å². The number of fused-ring (bicyclic) bond motifs is 2. The van der Waals surface area contributed by atoms with Crippen LogP contribution in [-0.2, 0) is 10.2 Å². The van der Waals surface area contributed by atoms with Gasteiger partial charge in [-0.3, -0.25) is 9.69 Å². The largest absolute Gasteiger partial charge is 0.506 e. The molecule has 0 amide bonds. The number of ketones is 1. The summed E-state index contributed by atoms with van der Waals surface area (Å²) in [5.41, 5.74) is 3.06. The van der Waals surface area contributed by atoms with Crippen LogP contribution in [0, 0.1) is 11.8 Å². The highest BCUT2D eigenvalue weighted by Gasteiger charge is 2.74. The van der Waals surface area contributed by atoms with Gasteiger partial charge in [0.15, 0.2) is 5.78 Å². The Labute approximate surface area is 141 Å². The van der Waals surface area contributed by atoms with Crippen LogP contribution in [0.5, 0.6) is 5.75 Å². The fraction of sp³-hybridized carbons (Fsp3) is 0.550. The molecule has 5 bridgehead atoms. The summed E-state index contributed by atoms with van der Waals surface area (Å²) >= 11 is 0. The number of hydrogen-bond acceptors (Lipinski definition) is 4. The predicted octanol–water partition coefficient (Wildman–Crippen LogP) is 2.07. The topological polar surface area (TPSA) is 43.8 Å². The molecule has 4 saturated heterocycles. The van der Waals surface area contributed by atoms with Crippen molar-refractivity contribution in [2.75, 3.05) is 18.5 Å². The van der Waals surface area contributed by atoms with E-state index >= 15 is 0 Å². The number of benzene rings is 1. The monoisotopic (exact) mass is 322 g/mol. The highest BCUT2D eigenvalue weighted by molar-refractivity contribution is 6.02. The molecule has 1 aromatic rings. The maximum absolute atomic E-state index is 13.8. The summed E-state index contributed by atoms with van der Waals surface area (Å²) in [6, 6.07) is 6.76. The Balaban J connectivity index is 1.64. The molecular formula is C20H22N2O2. The molecule has 1 N–H and O–H groups in total. The molecular weight excluding hydrogens is 300 g/mol. The molecule has 124 valence electrons. The second kappa shape index (κ2) is 3.88. The first kappa shape index (κ1) is 13.5. The van der Waals surface area contributed by atoms with E-state index < -0.39 is 5.41 Å². The minimum atomic E-state index is -0.392. The number of aromatic hydroxyl groups is 1. The van der Waals surface area contributed by atoms with Gasteiger partial charge < -0.3 is 10.0 Å². The Hall–Kier alpha value is -1.81. The highest BCUT2D eigenvalue weighted by Crippen LogP contribution is 2.67. The molecule has 7 unspecified atom stereocenters. The molecule has 24 heavy (non-hydrogen) atoms. The summed E-state index contributed by atoms with van der Waals surface area (Å²) in [4.78, 5) is 18.6. The maximum Gasteiger partial charge on any atom is 0.150 e. The normalized spacial score (nSPS) is 48.3. The third-order valence-corrected chi connectivity index (χ3v) is 7.82. The number of phenolic OH excluding ortho intramolecular Hbond substituents is 1. The second-order valence-corrected chi connectivity index (χ2v) is 8.31. The first-order valence-electron chi connectivity index (χ1n) is 9.10. The molecule has 6 aliphatic rings. The van der Waals surface area contributed by atoms with Crippen molar-refractivity contribution >= 4 is 11.5 Å². The standard InChI is InChI=1S/C20H22N2O2/c1-3-10-9-22-13-7-11(10)16-14(22)8-20(19(16)24)12-5-4-6-15(23)17(12)21(2)18(13)20/h3-6,11,13-14,16,18,23H,7-9H2,1-2H3/b10-3-. The van der Waals surface area contributed by atoms with Crippen molar-refractivity contribution in [2.45, 2.75) is 43.3 Å². The van der Waals surface area contributed by atoms with Crippen molar-refractivity contribution in [3.05, 3.63) is 35.4 Å². The molecule has 7 atom stereocenters. The van der Waals surface area contributed by atoms with Gasteiger partial charge in [0.05, 0.1) is 17.1 Å². The van der Waals surface area contributed by atoms with E-state index in [4.69, 9.17) is 0 Å². The van der Waals surface area contributed by atoms with Crippen molar-refractivity contribution in [1.82, 2.24) is 4.90 Å². The lowest BCUT2D eigenvalue weighted by Crippen LogP contribution is -2.68. The Kier molecular flexibility index (Phi) is 2.18. The minimum absolute atomic E-state index is 0.160. The molecule has 1 saturated carbocycles. The minimum Gasteiger partial charge on any atom is -0.506 e. The fourth-order valence-electron chi connectivity index (χ4n) is 7.14. The number of phenols is 1. The third kappa shape index (κ3) is 1.13. The van der Waals surface area contributed by atoms with Gasteiger partial charge in [0.1, 0.15) is 5.75 Å². The average molecular weight is 322 g/mol. The van der Waals surface area contributed by atoms with Gasteiger partial charge in [-0.05, 0) is 37.3 Å². The van der Waals surface area contributed by atoms with Gasteiger partial charge in [-0.25, -0.2) is 0 Å². The third-order valence-electron chi connectivity index (χ3n) is 7.82. The summed E-state index contributed by atoms with van der Waals surface area (Å²) in [5, 5.41) is 10.5. The van der Waals surface area contributed by atoms with Crippen LogP contribution in [0.3, 0.4) is 0 Å². The van der Waals surface area contributed by atoms with Crippen molar-refractivity contribution in [3.63, 3.8) is 0 Å². The van der Waals surface area contributed by atoms with Gasteiger partial charge in [-0.1, -0.05) is 23.8 Å². The van der Waals surface area contributed by atoms with Gasteiger partial charge >= 0.3 is 0 Å². The van der Waals surface area contributed by atoms with E-state index in [1.807, 2.05) is 6.07 Å². The van der Waals surface area contributed by atoms with Gasteiger partial charge in [-0.15, -0.1) is 0 Å². The molecule has 4 heteroatoms. The number of hydrogen-bond donors (Lipinski definition) is 1. The quantitative estimate of drug-likeness (QED) is 0.743. The zero-order chi connectivity index (χ0) is 16.4. The zero-order valence-corrected chi connectivity index (χ0v) is 14.1. The number of anilines is 1. The van der Waals surface area contributed by atoms with E-state index in [-0.39, 0.29) is 12.0 Å². The van der Waals surface area contributed by atoms with E-state index in [9.17, 15) is 9.90 Å². The van der Waals surface area contributed by atoms with Crippen molar-refractivity contribution < 1.29 is 9.90 Å². The number of para-hydroxylation sites is 1. The summed E-state index contributed by atoms with van der Waals surface area (Å²) in [7, 11) is 2.07. The Morgan fingerprint density at radius 1 is 1.33 bits per heavy atom. The van der Waals surface area contributed by atoms with E-state index in [0.717, 1.165) is 30.6 Å². The Morgan fingerprint density at radius 3 is 2.96 bits per heavy atom. The number of allylic oxidation sites excluding steroid dienone is 1. The van der Waals surface area contributed by atoms with Gasteiger partial charge in [0, 0.05) is 31.6 Å². The second-order valence-electron chi connectivity index (χ2n) is 8.31. The lowest BCUT2D eigenvalue weighted by atomic mass is 9.65. The van der Waals surface area contributed by atoms with Crippen LogP contribution in [0.15, 0.2) is 29.8 Å². The number of nitrogens with zero attached hydrogens (tertiary/aromatic N) is 2. The number of carbonyl (C=O) groups is 1. The predicted molar refractivity (Wildman–Crippen MR) is 91.2 cm³/mol. The van der Waals surface area contributed by atoms with Crippen molar-refractivity contribution in [3.8, 4) is 5.75 Å².